The van der Waals surface area contributed by atoms with Crippen molar-refractivity contribution in [1.82, 2.24) is 10.6 Å². The molecule has 3 aliphatic carbocycles. The molecule has 302 valence electrons. The average Bonchev–Trinajstić information content (AvgIpc) is 3.46. The molecule has 0 aromatic carbocycles. The van der Waals surface area contributed by atoms with Gasteiger partial charge in [0.2, 0.25) is 5.91 Å². The van der Waals surface area contributed by atoms with E-state index in [2.05, 4.69) is 43.2 Å². The lowest BCUT2D eigenvalue weighted by molar-refractivity contribution is -0.137. The molecule has 6 atom stereocenters. The first kappa shape index (κ1) is 44.7. The minimum atomic E-state index is -1.07. The van der Waals surface area contributed by atoms with Gasteiger partial charge in [0, 0.05) is 32.4 Å². The number of aliphatic carboxylic acids is 1. The summed E-state index contributed by atoms with van der Waals surface area (Å²) in [5.74, 6) is 0.846. The second-order valence-corrected chi connectivity index (χ2v) is 16.4. The minimum absolute atomic E-state index is 0.0291. The van der Waals surface area contributed by atoms with Gasteiger partial charge in [-0.15, -0.1) is 0 Å². The van der Waals surface area contributed by atoms with Crippen LogP contribution in [0, 0.1) is 23.2 Å². The Morgan fingerprint density at radius 2 is 1.62 bits per heavy atom. The Balaban J connectivity index is 1.30. The molecule has 3 fully saturated rings. The second-order valence-electron chi connectivity index (χ2n) is 16.4. The van der Waals surface area contributed by atoms with Gasteiger partial charge in [0.25, 0.3) is 0 Å². The molecule has 0 aromatic heterocycles. The molecule has 11 heteroatoms. The van der Waals surface area contributed by atoms with Crippen molar-refractivity contribution in [1.29, 1.82) is 0 Å². The van der Waals surface area contributed by atoms with Crippen LogP contribution in [0.5, 0.6) is 0 Å². The quantitative estimate of drug-likeness (QED) is 0.0692. The molecule has 0 aliphatic heterocycles. The maximum Gasteiger partial charge on any atom is 0.407 e. The number of allylic oxidation sites excluding steroid dienone is 4. The zero-order valence-electron chi connectivity index (χ0n) is 33.1. The zero-order valence-corrected chi connectivity index (χ0v) is 33.1. The van der Waals surface area contributed by atoms with E-state index in [0.717, 1.165) is 56.1 Å². The Morgan fingerprint density at radius 3 is 2.30 bits per heavy atom. The number of aliphatic hydroxyl groups excluding tert-OH is 1. The van der Waals surface area contributed by atoms with Crippen LogP contribution in [0.4, 0.5) is 4.79 Å². The van der Waals surface area contributed by atoms with Crippen LogP contribution >= 0.6 is 0 Å². The molecule has 0 spiro atoms. The second kappa shape index (κ2) is 22.6. The summed E-state index contributed by atoms with van der Waals surface area (Å²) in [6.45, 7) is 14.7. The SMILES string of the molecule is C=C1CC[C@H](OC(=O)NCCOCCOCCNC(=O)CCCCCCC(=O)O)C/C1=C/C=C1\CCC[C@@]2(C)C1CC[C@@H]2[C@H](C)CCC(O)C(C)(C)O. The van der Waals surface area contributed by atoms with Crippen LogP contribution in [-0.2, 0) is 23.8 Å². The standard InChI is InChI=1S/C42H70N2O9/c1-30-14-18-34(53-40(49)44-24-26-52-28-27-51-25-23-43-38(46)12-8-6-7-9-13-39(47)48)29-33(30)17-16-32-11-10-22-42(5)35(19-20-36(32)42)31(2)15-21-37(45)41(3,4)50/h16-17,31,34-37,45,50H,1,6-15,18-29H2,2-5H3,(H,43,46)(H,44,49)(H,47,48)/b32-16+,33-17-/t31-,34+,35-,36?,37?,42-/m1/s1. The summed E-state index contributed by atoms with van der Waals surface area (Å²) in [7, 11) is 0. The third-order valence-electron chi connectivity index (χ3n) is 11.9. The van der Waals surface area contributed by atoms with Gasteiger partial charge in [-0.25, -0.2) is 4.79 Å². The molecule has 3 saturated carbocycles. The Bertz CT molecular complexity index is 1240. The van der Waals surface area contributed by atoms with Crippen molar-refractivity contribution in [2.24, 2.45) is 23.2 Å². The largest absolute Gasteiger partial charge is 0.481 e. The molecule has 11 nitrogen and oxygen atoms in total. The van der Waals surface area contributed by atoms with Crippen molar-refractivity contribution in [2.75, 3.05) is 39.5 Å². The van der Waals surface area contributed by atoms with Crippen LogP contribution in [0.25, 0.3) is 0 Å². The minimum Gasteiger partial charge on any atom is -0.481 e. The molecule has 3 rings (SSSR count). The number of hydrogen-bond donors (Lipinski definition) is 5. The molecule has 0 heterocycles. The van der Waals surface area contributed by atoms with E-state index < -0.39 is 23.8 Å². The molecule has 0 aromatic rings. The summed E-state index contributed by atoms with van der Waals surface area (Å²) in [4.78, 5) is 34.9. The fourth-order valence-electron chi connectivity index (χ4n) is 8.68. The van der Waals surface area contributed by atoms with E-state index in [1.54, 1.807) is 13.8 Å². The number of fused-ring (bicyclic) bond motifs is 1. The molecule has 0 radical (unpaired) electrons. The molecular formula is C42H70N2O9. The van der Waals surface area contributed by atoms with Crippen LogP contribution in [0.15, 0.2) is 35.5 Å². The van der Waals surface area contributed by atoms with E-state index >= 15 is 0 Å². The monoisotopic (exact) mass is 747 g/mol. The number of ether oxygens (including phenoxy) is 3. The fraction of sp³-hybridized carbons (Fsp3) is 0.786. The first-order valence-corrected chi connectivity index (χ1v) is 20.3. The van der Waals surface area contributed by atoms with E-state index in [9.17, 15) is 24.6 Å². The zero-order chi connectivity index (χ0) is 38.9. The lowest BCUT2D eigenvalue weighted by Gasteiger charge is -2.44. The molecule has 3 aliphatic rings. The van der Waals surface area contributed by atoms with Crippen molar-refractivity contribution in [3.63, 3.8) is 0 Å². The highest BCUT2D eigenvalue weighted by molar-refractivity contribution is 5.75. The third kappa shape index (κ3) is 15.5. The number of alkyl carbamates (subject to hydrolysis) is 1. The number of aliphatic hydroxyl groups is 2. The van der Waals surface area contributed by atoms with Crippen molar-refractivity contribution in [3.8, 4) is 0 Å². The first-order valence-electron chi connectivity index (χ1n) is 20.3. The van der Waals surface area contributed by atoms with E-state index in [0.29, 0.717) is 83.0 Å². The normalized spacial score (nSPS) is 25.9. The molecule has 53 heavy (non-hydrogen) atoms. The summed E-state index contributed by atoms with van der Waals surface area (Å²) >= 11 is 0. The van der Waals surface area contributed by atoms with Crippen molar-refractivity contribution in [2.45, 2.75) is 148 Å². The van der Waals surface area contributed by atoms with Crippen molar-refractivity contribution < 1.29 is 43.9 Å². The Hall–Kier alpha value is -2.73. The van der Waals surface area contributed by atoms with Crippen molar-refractivity contribution in [3.05, 3.63) is 35.5 Å². The van der Waals surface area contributed by atoms with Gasteiger partial charge in [0.15, 0.2) is 0 Å². The fourth-order valence-corrected chi connectivity index (χ4v) is 8.68. The molecule has 5 N–H and O–H groups in total. The lowest BCUT2D eigenvalue weighted by atomic mass is 9.60. The number of nitrogens with one attached hydrogen (secondary N) is 2. The average molecular weight is 747 g/mol. The number of carboxylic acids is 1. The molecule has 2 unspecified atom stereocenters. The van der Waals surface area contributed by atoms with Gasteiger partial charge in [0.05, 0.1) is 38.1 Å². The predicted octanol–water partition coefficient (Wildman–Crippen LogP) is 7.01. The van der Waals surface area contributed by atoms with Gasteiger partial charge in [0.1, 0.15) is 6.10 Å². The van der Waals surface area contributed by atoms with Crippen LogP contribution in [-0.4, -0.2) is 90.6 Å². The molecular weight excluding hydrogens is 676 g/mol. The molecule has 0 saturated heterocycles. The first-order chi connectivity index (χ1) is 25.2. The number of rotatable bonds is 23. The highest BCUT2D eigenvalue weighted by atomic mass is 16.6. The van der Waals surface area contributed by atoms with E-state index in [1.165, 1.54) is 31.3 Å². The summed E-state index contributed by atoms with van der Waals surface area (Å²) < 4.78 is 16.8. The van der Waals surface area contributed by atoms with Crippen LogP contribution in [0.3, 0.4) is 0 Å². The number of hydrogen-bond acceptors (Lipinski definition) is 8. The smallest absolute Gasteiger partial charge is 0.407 e. The van der Waals surface area contributed by atoms with Gasteiger partial charge in [-0.05, 0) is 113 Å². The number of amides is 2. The lowest BCUT2D eigenvalue weighted by Crippen LogP contribution is -2.38. The highest BCUT2D eigenvalue weighted by Crippen LogP contribution is 2.60. The number of unbranched alkanes of at least 4 members (excludes halogenated alkanes) is 3. The van der Waals surface area contributed by atoms with Crippen LogP contribution in [0.1, 0.15) is 130 Å². The van der Waals surface area contributed by atoms with E-state index in [1.807, 2.05) is 0 Å². The van der Waals surface area contributed by atoms with Crippen molar-refractivity contribution >= 4 is 18.0 Å². The summed E-state index contributed by atoms with van der Waals surface area (Å²) in [5.41, 5.74) is 2.98. The van der Waals surface area contributed by atoms with Gasteiger partial charge in [-0.1, -0.05) is 56.6 Å². The molecule has 2 amide bonds. The van der Waals surface area contributed by atoms with E-state index in [4.69, 9.17) is 19.3 Å². The maximum atomic E-state index is 12.5. The number of carboxylic acid groups (broad SMARTS) is 1. The third-order valence-corrected chi connectivity index (χ3v) is 11.9. The Morgan fingerprint density at radius 1 is 0.943 bits per heavy atom. The van der Waals surface area contributed by atoms with Gasteiger partial charge in [-0.3, -0.25) is 9.59 Å². The van der Waals surface area contributed by atoms with Crippen LogP contribution in [0.2, 0.25) is 0 Å². The van der Waals surface area contributed by atoms with Gasteiger partial charge in [-0.2, -0.15) is 0 Å². The summed E-state index contributed by atoms with van der Waals surface area (Å²) in [5, 5.41) is 34.8. The molecule has 0 bridgehead atoms. The number of carbonyl (C=O) groups excluding carboxylic acids is 2. The Kier molecular flexibility index (Phi) is 19.0. The van der Waals surface area contributed by atoms with Gasteiger partial charge >= 0.3 is 12.1 Å². The van der Waals surface area contributed by atoms with Crippen LogP contribution < -0.4 is 10.6 Å². The predicted molar refractivity (Wildman–Crippen MR) is 206 cm³/mol. The maximum absolute atomic E-state index is 12.5. The summed E-state index contributed by atoms with van der Waals surface area (Å²) in [6, 6.07) is 0. The summed E-state index contributed by atoms with van der Waals surface area (Å²) in [6.07, 6.45) is 16.6. The number of carbonyl (C=O) groups is 3. The van der Waals surface area contributed by atoms with Gasteiger partial charge < -0.3 is 40.2 Å². The topological polar surface area (TPSA) is 164 Å². The van der Waals surface area contributed by atoms with E-state index in [-0.39, 0.29) is 23.8 Å². The Labute approximate surface area is 318 Å². The highest BCUT2D eigenvalue weighted by Gasteiger charge is 2.50.